The molecule has 1 unspecified atom stereocenters. The third kappa shape index (κ3) is 2.99. The van der Waals surface area contributed by atoms with Crippen molar-refractivity contribution >= 4 is 0 Å². The van der Waals surface area contributed by atoms with Gasteiger partial charge in [0.1, 0.15) is 0 Å². The van der Waals surface area contributed by atoms with Crippen LogP contribution in [-0.4, -0.2) is 10.2 Å². The molecule has 1 aromatic carbocycles. The molecule has 0 amide bonds. The van der Waals surface area contributed by atoms with E-state index in [2.05, 4.69) is 48.3 Å². The van der Waals surface area contributed by atoms with Gasteiger partial charge in [-0.15, -0.1) is 0 Å². The molecule has 100 valence electrons. The summed E-state index contributed by atoms with van der Waals surface area (Å²) in [5.41, 5.74) is 11.8. The normalized spacial score (nSPS) is 12.4. The Morgan fingerprint density at radius 1 is 1.05 bits per heavy atom. The van der Waals surface area contributed by atoms with Gasteiger partial charge < -0.3 is 5.73 Å². The van der Waals surface area contributed by atoms with E-state index < -0.39 is 0 Å². The second-order valence-electron chi connectivity index (χ2n) is 4.81. The monoisotopic (exact) mass is 255 g/mol. The van der Waals surface area contributed by atoms with Crippen LogP contribution in [0.25, 0.3) is 0 Å². The van der Waals surface area contributed by atoms with Crippen LogP contribution in [0.3, 0.4) is 0 Å². The van der Waals surface area contributed by atoms with E-state index in [0.29, 0.717) is 0 Å². The summed E-state index contributed by atoms with van der Waals surface area (Å²) in [6, 6.07) is 10.4. The van der Waals surface area contributed by atoms with Gasteiger partial charge >= 0.3 is 0 Å². The lowest BCUT2D eigenvalue weighted by atomic mass is 9.96. The molecule has 2 aromatic rings. The average Bonchev–Trinajstić information content (AvgIpc) is 2.46. The Balaban J connectivity index is 2.36. The minimum Gasteiger partial charge on any atom is -0.320 e. The summed E-state index contributed by atoms with van der Waals surface area (Å²) in [7, 11) is 0. The van der Waals surface area contributed by atoms with Crippen LogP contribution in [0.1, 0.15) is 48.0 Å². The molecule has 1 atom stereocenters. The second kappa shape index (κ2) is 5.93. The van der Waals surface area contributed by atoms with Gasteiger partial charge in [-0.05, 0) is 42.5 Å². The lowest BCUT2D eigenvalue weighted by Gasteiger charge is -2.16. The summed E-state index contributed by atoms with van der Waals surface area (Å²) in [6.45, 7) is 6.18. The fourth-order valence-corrected chi connectivity index (χ4v) is 2.22. The third-order valence-corrected chi connectivity index (χ3v) is 3.44. The summed E-state index contributed by atoms with van der Waals surface area (Å²) in [5.74, 6) is 0. The molecule has 0 saturated heterocycles. The van der Waals surface area contributed by atoms with E-state index in [1.807, 2.05) is 13.0 Å². The van der Waals surface area contributed by atoms with Crippen molar-refractivity contribution in [1.29, 1.82) is 0 Å². The second-order valence-corrected chi connectivity index (χ2v) is 4.81. The third-order valence-electron chi connectivity index (χ3n) is 3.44. The van der Waals surface area contributed by atoms with Crippen molar-refractivity contribution in [3.8, 4) is 0 Å². The highest BCUT2D eigenvalue weighted by molar-refractivity contribution is 5.35. The Labute approximate surface area is 114 Å². The van der Waals surface area contributed by atoms with Gasteiger partial charge in [-0.1, -0.05) is 38.1 Å². The lowest BCUT2D eigenvalue weighted by molar-refractivity contribution is 0.789. The largest absolute Gasteiger partial charge is 0.320 e. The molecule has 0 aliphatic carbocycles. The maximum atomic E-state index is 6.39. The van der Waals surface area contributed by atoms with Crippen molar-refractivity contribution in [3.05, 3.63) is 58.4 Å². The standard InChI is InChI=1S/C16H21N3/c1-4-12-6-8-13(9-7-12)16(17)14-10-11(3)18-19-15(14)5-2/h6-10,16H,4-5,17H2,1-3H3. The molecule has 1 aromatic heterocycles. The molecule has 2 N–H and O–H groups in total. The van der Waals surface area contributed by atoms with E-state index in [4.69, 9.17) is 5.73 Å². The Kier molecular flexibility index (Phi) is 4.27. The van der Waals surface area contributed by atoms with E-state index in [1.54, 1.807) is 0 Å². The number of nitrogens with zero attached hydrogens (tertiary/aromatic N) is 2. The molecular formula is C16H21N3. The fourth-order valence-electron chi connectivity index (χ4n) is 2.22. The number of rotatable bonds is 4. The van der Waals surface area contributed by atoms with Gasteiger partial charge in [0.2, 0.25) is 0 Å². The number of hydrogen-bond donors (Lipinski definition) is 1. The lowest BCUT2D eigenvalue weighted by Crippen LogP contribution is -2.16. The first-order valence-corrected chi connectivity index (χ1v) is 6.83. The predicted molar refractivity (Wildman–Crippen MR) is 78.0 cm³/mol. The summed E-state index contributed by atoms with van der Waals surface area (Å²) in [5, 5.41) is 8.36. The molecule has 3 heteroatoms. The Bertz CT molecular complexity index is 546. The highest BCUT2D eigenvalue weighted by atomic mass is 15.1. The van der Waals surface area contributed by atoms with Crippen LogP contribution in [0.4, 0.5) is 0 Å². The van der Waals surface area contributed by atoms with E-state index in [9.17, 15) is 0 Å². The zero-order chi connectivity index (χ0) is 13.8. The topological polar surface area (TPSA) is 51.8 Å². The number of nitrogens with two attached hydrogens (primary N) is 1. The first-order valence-electron chi connectivity index (χ1n) is 6.83. The van der Waals surface area contributed by atoms with Crippen molar-refractivity contribution in [3.63, 3.8) is 0 Å². The summed E-state index contributed by atoms with van der Waals surface area (Å²) < 4.78 is 0. The van der Waals surface area contributed by atoms with Gasteiger partial charge in [0.05, 0.1) is 17.4 Å². The molecule has 1 heterocycles. The Hall–Kier alpha value is -1.74. The van der Waals surface area contributed by atoms with Gasteiger partial charge in [0.25, 0.3) is 0 Å². The molecule has 19 heavy (non-hydrogen) atoms. The summed E-state index contributed by atoms with van der Waals surface area (Å²) >= 11 is 0. The smallest absolute Gasteiger partial charge is 0.0679 e. The maximum Gasteiger partial charge on any atom is 0.0679 e. The SMILES string of the molecule is CCc1ccc(C(N)c2cc(C)nnc2CC)cc1. The van der Waals surface area contributed by atoms with E-state index >= 15 is 0 Å². The van der Waals surface area contributed by atoms with Crippen LogP contribution in [0.5, 0.6) is 0 Å². The zero-order valence-corrected chi connectivity index (χ0v) is 11.9. The van der Waals surface area contributed by atoms with Crippen LogP contribution in [0.2, 0.25) is 0 Å². The van der Waals surface area contributed by atoms with E-state index in [0.717, 1.165) is 35.4 Å². The van der Waals surface area contributed by atoms with E-state index in [1.165, 1.54) is 5.56 Å². The van der Waals surface area contributed by atoms with Gasteiger partial charge in [0, 0.05) is 0 Å². The highest BCUT2D eigenvalue weighted by Gasteiger charge is 2.14. The molecule has 0 aliphatic heterocycles. The number of hydrogen-bond acceptors (Lipinski definition) is 3. The first-order chi connectivity index (χ1) is 9.15. The van der Waals surface area contributed by atoms with Crippen molar-refractivity contribution in [2.75, 3.05) is 0 Å². The van der Waals surface area contributed by atoms with Crippen molar-refractivity contribution in [1.82, 2.24) is 10.2 Å². The molecule has 0 aliphatic rings. The molecule has 0 radical (unpaired) electrons. The molecule has 0 spiro atoms. The molecule has 3 nitrogen and oxygen atoms in total. The molecule has 0 bridgehead atoms. The number of benzene rings is 1. The molecule has 2 rings (SSSR count). The average molecular weight is 255 g/mol. The van der Waals surface area contributed by atoms with Crippen molar-refractivity contribution in [2.24, 2.45) is 5.73 Å². The van der Waals surface area contributed by atoms with Crippen LogP contribution in [-0.2, 0) is 12.8 Å². The summed E-state index contributed by atoms with van der Waals surface area (Å²) in [6.07, 6.45) is 1.90. The van der Waals surface area contributed by atoms with Crippen molar-refractivity contribution < 1.29 is 0 Å². The molecular weight excluding hydrogens is 234 g/mol. The van der Waals surface area contributed by atoms with Crippen LogP contribution >= 0.6 is 0 Å². The fraction of sp³-hybridized carbons (Fsp3) is 0.375. The van der Waals surface area contributed by atoms with Crippen LogP contribution in [0.15, 0.2) is 30.3 Å². The van der Waals surface area contributed by atoms with Gasteiger partial charge in [-0.25, -0.2) is 0 Å². The number of aromatic nitrogens is 2. The highest BCUT2D eigenvalue weighted by Crippen LogP contribution is 2.23. The quantitative estimate of drug-likeness (QED) is 0.913. The van der Waals surface area contributed by atoms with Crippen LogP contribution < -0.4 is 5.73 Å². The number of aryl methyl sites for hydroxylation is 3. The minimum atomic E-state index is -0.130. The predicted octanol–water partition coefficient (Wildman–Crippen LogP) is 2.96. The maximum absolute atomic E-state index is 6.39. The Morgan fingerprint density at radius 2 is 1.74 bits per heavy atom. The Morgan fingerprint density at radius 3 is 2.32 bits per heavy atom. The van der Waals surface area contributed by atoms with E-state index in [-0.39, 0.29) is 6.04 Å². The van der Waals surface area contributed by atoms with Crippen LogP contribution in [0, 0.1) is 6.92 Å². The van der Waals surface area contributed by atoms with Gasteiger partial charge in [-0.2, -0.15) is 10.2 Å². The minimum absolute atomic E-state index is 0.130. The molecule has 0 fully saturated rings. The molecule has 0 saturated carbocycles. The summed E-state index contributed by atoms with van der Waals surface area (Å²) in [4.78, 5) is 0. The van der Waals surface area contributed by atoms with Crippen molar-refractivity contribution in [2.45, 2.75) is 39.7 Å². The van der Waals surface area contributed by atoms with Gasteiger partial charge in [0.15, 0.2) is 0 Å². The zero-order valence-electron chi connectivity index (χ0n) is 11.9. The first kappa shape index (κ1) is 13.7. The van der Waals surface area contributed by atoms with Gasteiger partial charge in [-0.3, -0.25) is 0 Å².